The first kappa shape index (κ1) is 17.5. The summed E-state index contributed by atoms with van der Waals surface area (Å²) < 4.78 is 20.0. The van der Waals surface area contributed by atoms with Gasteiger partial charge in [0.05, 0.1) is 18.3 Å². The third kappa shape index (κ3) is 4.21. The molecule has 134 valence electrons. The third-order valence-corrected chi connectivity index (χ3v) is 3.50. The number of amides is 1. The van der Waals surface area contributed by atoms with E-state index in [9.17, 15) is 9.18 Å². The number of nitrogens with one attached hydrogen (secondary N) is 1. The molecule has 2 aromatic carbocycles. The summed E-state index contributed by atoms with van der Waals surface area (Å²) in [7, 11) is 0. The van der Waals surface area contributed by atoms with Crippen LogP contribution in [0.15, 0.2) is 48.5 Å². The molecule has 0 unspecified atom stereocenters. The predicted molar refractivity (Wildman–Crippen MR) is 92.5 cm³/mol. The number of rotatable bonds is 6. The largest absolute Gasteiger partial charge is 0.491 e. The average Bonchev–Trinajstić information content (AvgIpc) is 3.09. The number of hydrogen-bond acceptors (Lipinski definition) is 5. The SMILES string of the molecule is CC(C)Oc1ccc(C(=O)NCc2nnnn2-c2ccc(F)cc2)cc1. The molecule has 8 heteroatoms. The minimum Gasteiger partial charge on any atom is -0.491 e. The molecular formula is C18H18FN5O2. The molecule has 0 aliphatic carbocycles. The zero-order valence-electron chi connectivity index (χ0n) is 14.4. The highest BCUT2D eigenvalue weighted by molar-refractivity contribution is 5.94. The molecule has 0 spiro atoms. The van der Waals surface area contributed by atoms with E-state index in [0.29, 0.717) is 22.8 Å². The number of nitrogens with zero attached hydrogens (tertiary/aromatic N) is 4. The Labute approximate surface area is 149 Å². The van der Waals surface area contributed by atoms with Crippen LogP contribution in [0.3, 0.4) is 0 Å². The maximum atomic E-state index is 13.0. The van der Waals surface area contributed by atoms with E-state index in [-0.39, 0.29) is 24.4 Å². The summed E-state index contributed by atoms with van der Waals surface area (Å²) in [5, 5.41) is 14.2. The minimum absolute atomic E-state index is 0.0694. The molecule has 0 aliphatic heterocycles. The van der Waals surface area contributed by atoms with E-state index in [1.54, 1.807) is 36.4 Å². The molecule has 1 amide bonds. The van der Waals surface area contributed by atoms with Crippen molar-refractivity contribution in [3.63, 3.8) is 0 Å². The van der Waals surface area contributed by atoms with Gasteiger partial charge in [-0.1, -0.05) is 0 Å². The standard InChI is InChI=1S/C18H18FN5O2/c1-12(2)26-16-9-3-13(4-10-16)18(25)20-11-17-21-22-23-24(17)15-7-5-14(19)6-8-15/h3-10,12H,11H2,1-2H3,(H,20,25). The van der Waals surface area contributed by atoms with Gasteiger partial charge in [-0.15, -0.1) is 5.10 Å². The molecule has 1 heterocycles. The predicted octanol–water partition coefficient (Wildman–Crippen LogP) is 2.52. The van der Waals surface area contributed by atoms with Crippen molar-refractivity contribution in [1.82, 2.24) is 25.5 Å². The summed E-state index contributed by atoms with van der Waals surface area (Å²) in [6, 6.07) is 12.6. The second-order valence-electron chi connectivity index (χ2n) is 5.86. The van der Waals surface area contributed by atoms with Crippen molar-refractivity contribution in [2.24, 2.45) is 0 Å². The van der Waals surface area contributed by atoms with Crippen molar-refractivity contribution in [3.8, 4) is 11.4 Å². The maximum absolute atomic E-state index is 13.0. The average molecular weight is 355 g/mol. The Bertz CT molecular complexity index is 875. The van der Waals surface area contributed by atoms with Crippen LogP contribution in [-0.2, 0) is 6.54 Å². The lowest BCUT2D eigenvalue weighted by molar-refractivity contribution is 0.0949. The van der Waals surface area contributed by atoms with Crippen LogP contribution < -0.4 is 10.1 Å². The zero-order chi connectivity index (χ0) is 18.5. The number of carbonyl (C=O) groups is 1. The highest BCUT2D eigenvalue weighted by atomic mass is 19.1. The summed E-state index contributed by atoms with van der Waals surface area (Å²) in [5.41, 5.74) is 1.11. The normalized spacial score (nSPS) is 10.8. The van der Waals surface area contributed by atoms with E-state index in [1.165, 1.54) is 16.8 Å². The topological polar surface area (TPSA) is 81.9 Å². The molecular weight excluding hydrogens is 337 g/mol. The first-order chi connectivity index (χ1) is 12.5. The number of aromatic nitrogens is 4. The molecule has 26 heavy (non-hydrogen) atoms. The first-order valence-electron chi connectivity index (χ1n) is 8.11. The van der Waals surface area contributed by atoms with Crippen LogP contribution in [0.5, 0.6) is 5.75 Å². The second kappa shape index (κ2) is 7.73. The number of ether oxygens (including phenoxy) is 1. The highest BCUT2D eigenvalue weighted by Crippen LogP contribution is 2.14. The van der Waals surface area contributed by atoms with Crippen LogP contribution >= 0.6 is 0 Å². The van der Waals surface area contributed by atoms with E-state index in [4.69, 9.17) is 4.74 Å². The highest BCUT2D eigenvalue weighted by Gasteiger charge is 2.11. The smallest absolute Gasteiger partial charge is 0.251 e. The molecule has 1 N–H and O–H groups in total. The van der Waals surface area contributed by atoms with E-state index < -0.39 is 0 Å². The molecule has 0 saturated heterocycles. The molecule has 0 radical (unpaired) electrons. The van der Waals surface area contributed by atoms with Gasteiger partial charge in [-0.2, -0.15) is 4.68 Å². The van der Waals surface area contributed by atoms with Crippen LogP contribution in [-0.4, -0.2) is 32.2 Å². The van der Waals surface area contributed by atoms with Crippen LogP contribution in [0.1, 0.15) is 30.0 Å². The van der Waals surface area contributed by atoms with E-state index in [2.05, 4.69) is 20.8 Å². The Morgan fingerprint density at radius 1 is 1.15 bits per heavy atom. The molecule has 3 rings (SSSR count). The summed E-state index contributed by atoms with van der Waals surface area (Å²) in [5.74, 6) is 0.540. The van der Waals surface area contributed by atoms with Crippen molar-refractivity contribution >= 4 is 5.91 Å². The van der Waals surface area contributed by atoms with Gasteiger partial charge < -0.3 is 10.1 Å². The molecule has 0 bridgehead atoms. The second-order valence-corrected chi connectivity index (χ2v) is 5.86. The number of benzene rings is 2. The van der Waals surface area contributed by atoms with Gasteiger partial charge in [-0.05, 0) is 72.8 Å². The van der Waals surface area contributed by atoms with Crippen molar-refractivity contribution < 1.29 is 13.9 Å². The van der Waals surface area contributed by atoms with Gasteiger partial charge in [0.2, 0.25) is 0 Å². The quantitative estimate of drug-likeness (QED) is 0.735. The molecule has 0 fully saturated rings. The Morgan fingerprint density at radius 2 is 1.85 bits per heavy atom. The van der Waals surface area contributed by atoms with Crippen molar-refractivity contribution in [1.29, 1.82) is 0 Å². The molecule has 7 nitrogen and oxygen atoms in total. The van der Waals surface area contributed by atoms with E-state index in [0.717, 1.165) is 0 Å². The summed E-state index contributed by atoms with van der Waals surface area (Å²) in [6.07, 6.45) is 0.0694. The monoisotopic (exact) mass is 355 g/mol. The zero-order valence-corrected chi connectivity index (χ0v) is 14.4. The van der Waals surface area contributed by atoms with Crippen LogP contribution in [0.4, 0.5) is 4.39 Å². The summed E-state index contributed by atoms with van der Waals surface area (Å²) >= 11 is 0. The number of carbonyl (C=O) groups excluding carboxylic acids is 1. The van der Waals surface area contributed by atoms with Crippen molar-refractivity contribution in [2.45, 2.75) is 26.5 Å². The van der Waals surface area contributed by atoms with Gasteiger partial charge in [0.25, 0.3) is 5.91 Å². The molecule has 0 aliphatic rings. The van der Waals surface area contributed by atoms with E-state index >= 15 is 0 Å². The van der Waals surface area contributed by atoms with Gasteiger partial charge in [-0.25, -0.2) is 4.39 Å². The minimum atomic E-state index is -0.346. The Hall–Kier alpha value is -3.29. The van der Waals surface area contributed by atoms with Gasteiger partial charge in [0.1, 0.15) is 11.6 Å². The van der Waals surface area contributed by atoms with Gasteiger partial charge in [0, 0.05) is 5.56 Å². The molecule has 0 atom stereocenters. The molecule has 3 aromatic rings. The lowest BCUT2D eigenvalue weighted by Crippen LogP contribution is -2.24. The maximum Gasteiger partial charge on any atom is 0.251 e. The van der Waals surface area contributed by atoms with Crippen molar-refractivity contribution in [3.05, 3.63) is 65.7 Å². The lowest BCUT2D eigenvalue weighted by atomic mass is 10.2. The third-order valence-electron chi connectivity index (χ3n) is 3.50. The van der Waals surface area contributed by atoms with Crippen LogP contribution in [0.2, 0.25) is 0 Å². The van der Waals surface area contributed by atoms with E-state index in [1.807, 2.05) is 13.8 Å². The summed E-state index contributed by atoms with van der Waals surface area (Å²) in [4.78, 5) is 12.3. The van der Waals surface area contributed by atoms with Gasteiger partial charge >= 0.3 is 0 Å². The molecule has 1 aromatic heterocycles. The fourth-order valence-electron chi connectivity index (χ4n) is 2.32. The fourth-order valence-corrected chi connectivity index (χ4v) is 2.32. The fraction of sp³-hybridized carbons (Fsp3) is 0.222. The Morgan fingerprint density at radius 3 is 2.50 bits per heavy atom. The van der Waals surface area contributed by atoms with Crippen molar-refractivity contribution in [2.75, 3.05) is 0 Å². The van der Waals surface area contributed by atoms with Crippen LogP contribution in [0, 0.1) is 5.82 Å². The summed E-state index contributed by atoms with van der Waals surface area (Å²) in [6.45, 7) is 4.01. The number of tetrazole rings is 1. The number of hydrogen-bond donors (Lipinski definition) is 1. The Balaban J connectivity index is 1.65. The van der Waals surface area contributed by atoms with Crippen LogP contribution in [0.25, 0.3) is 5.69 Å². The molecule has 0 saturated carbocycles. The van der Waals surface area contributed by atoms with Gasteiger partial charge in [0.15, 0.2) is 5.82 Å². The lowest BCUT2D eigenvalue weighted by Gasteiger charge is -2.10. The van der Waals surface area contributed by atoms with Gasteiger partial charge in [-0.3, -0.25) is 4.79 Å². The Kier molecular flexibility index (Phi) is 5.21. The number of halogens is 1. The first-order valence-corrected chi connectivity index (χ1v) is 8.11.